The molecule has 0 radical (unpaired) electrons. The van der Waals surface area contributed by atoms with Crippen molar-refractivity contribution in [3.05, 3.63) is 54.6 Å². The molecule has 1 N–H and O–H groups in total. The van der Waals surface area contributed by atoms with E-state index in [1.165, 1.54) is 6.39 Å². The summed E-state index contributed by atoms with van der Waals surface area (Å²) in [7, 11) is 0. The van der Waals surface area contributed by atoms with Crippen LogP contribution in [0.15, 0.2) is 53.4 Å². The monoisotopic (exact) mass is 353 g/mol. The molecule has 1 amide bonds. The maximum atomic E-state index is 12.8. The van der Waals surface area contributed by atoms with Gasteiger partial charge in [-0.15, -0.1) is 11.3 Å². The van der Waals surface area contributed by atoms with Crippen molar-refractivity contribution in [2.45, 2.75) is 6.42 Å². The largest absolute Gasteiger partial charge is 0.443 e. The van der Waals surface area contributed by atoms with Gasteiger partial charge in [-0.05, 0) is 42.8 Å². The lowest BCUT2D eigenvalue weighted by atomic mass is 10.1. The van der Waals surface area contributed by atoms with Crippen LogP contribution < -0.4 is 5.32 Å². The van der Waals surface area contributed by atoms with Crippen molar-refractivity contribution in [1.29, 1.82) is 0 Å². The Morgan fingerprint density at radius 3 is 2.96 bits per heavy atom. The SMILES string of the molecule is O=C(c1cccc(-c2ccc(-c3cnco3)s2)c1)N1CCCNCC1. The van der Waals surface area contributed by atoms with Gasteiger partial charge < -0.3 is 14.6 Å². The summed E-state index contributed by atoms with van der Waals surface area (Å²) in [6.07, 6.45) is 4.14. The second kappa shape index (κ2) is 7.21. The van der Waals surface area contributed by atoms with Crippen LogP contribution in [0, 0.1) is 0 Å². The molecule has 1 aromatic carbocycles. The van der Waals surface area contributed by atoms with E-state index >= 15 is 0 Å². The minimum Gasteiger partial charge on any atom is -0.443 e. The predicted octanol–water partition coefficient (Wildman–Crippen LogP) is 3.51. The van der Waals surface area contributed by atoms with E-state index in [-0.39, 0.29) is 5.91 Å². The van der Waals surface area contributed by atoms with Crippen LogP contribution in [0.4, 0.5) is 0 Å². The summed E-state index contributed by atoms with van der Waals surface area (Å²) in [6.45, 7) is 3.41. The molecular formula is C19H19N3O2S. The van der Waals surface area contributed by atoms with E-state index < -0.39 is 0 Å². The van der Waals surface area contributed by atoms with Gasteiger partial charge >= 0.3 is 0 Å². The highest BCUT2D eigenvalue weighted by molar-refractivity contribution is 7.18. The van der Waals surface area contributed by atoms with Gasteiger partial charge in [-0.3, -0.25) is 4.79 Å². The van der Waals surface area contributed by atoms with E-state index in [0.717, 1.165) is 59.2 Å². The molecule has 0 spiro atoms. The molecule has 1 aliphatic rings. The average molecular weight is 353 g/mol. The Labute approximate surface area is 150 Å². The van der Waals surface area contributed by atoms with Crippen molar-refractivity contribution in [3.8, 4) is 21.1 Å². The Hall–Kier alpha value is -2.44. The number of aromatic nitrogens is 1. The molecule has 5 nitrogen and oxygen atoms in total. The van der Waals surface area contributed by atoms with E-state index in [0.29, 0.717) is 0 Å². The van der Waals surface area contributed by atoms with Crippen LogP contribution >= 0.6 is 11.3 Å². The summed E-state index contributed by atoms with van der Waals surface area (Å²) in [6, 6.07) is 12.0. The van der Waals surface area contributed by atoms with Crippen LogP contribution in [0.5, 0.6) is 0 Å². The quantitative estimate of drug-likeness (QED) is 0.783. The van der Waals surface area contributed by atoms with Gasteiger partial charge in [-0.25, -0.2) is 4.98 Å². The summed E-state index contributed by atoms with van der Waals surface area (Å²) in [5.41, 5.74) is 1.79. The summed E-state index contributed by atoms with van der Waals surface area (Å²) in [5.74, 6) is 0.873. The van der Waals surface area contributed by atoms with Crippen molar-refractivity contribution < 1.29 is 9.21 Å². The van der Waals surface area contributed by atoms with Gasteiger partial charge in [0, 0.05) is 30.1 Å². The first-order valence-corrected chi connectivity index (χ1v) is 9.22. The number of carbonyl (C=O) groups excluding carboxylic acids is 1. The lowest BCUT2D eigenvalue weighted by molar-refractivity contribution is 0.0766. The fraction of sp³-hybridized carbons (Fsp3) is 0.263. The topological polar surface area (TPSA) is 58.4 Å². The van der Waals surface area contributed by atoms with Gasteiger partial charge in [0.1, 0.15) is 0 Å². The van der Waals surface area contributed by atoms with E-state index in [2.05, 4.69) is 16.4 Å². The van der Waals surface area contributed by atoms with Gasteiger partial charge in [0.05, 0.1) is 11.1 Å². The summed E-state index contributed by atoms with van der Waals surface area (Å²) in [5, 5.41) is 3.33. The second-order valence-electron chi connectivity index (χ2n) is 6.01. The molecule has 0 saturated carbocycles. The lowest BCUT2D eigenvalue weighted by Gasteiger charge is -2.20. The third-order valence-corrected chi connectivity index (χ3v) is 5.45. The number of carbonyl (C=O) groups is 1. The van der Waals surface area contributed by atoms with Crippen LogP contribution in [0.25, 0.3) is 21.1 Å². The van der Waals surface area contributed by atoms with Gasteiger partial charge in [0.2, 0.25) is 0 Å². The van der Waals surface area contributed by atoms with Gasteiger partial charge in [0.15, 0.2) is 12.2 Å². The fourth-order valence-electron chi connectivity index (χ4n) is 3.00. The molecule has 0 unspecified atom stereocenters. The van der Waals surface area contributed by atoms with E-state index in [9.17, 15) is 4.79 Å². The normalized spacial score (nSPS) is 15.1. The molecule has 1 aliphatic heterocycles. The average Bonchev–Trinajstić information content (AvgIpc) is 3.28. The Kier molecular flexibility index (Phi) is 4.63. The van der Waals surface area contributed by atoms with Crippen molar-refractivity contribution in [3.63, 3.8) is 0 Å². The fourth-order valence-corrected chi connectivity index (χ4v) is 3.96. The number of nitrogens with one attached hydrogen (secondary N) is 1. The molecule has 3 aromatic rings. The maximum absolute atomic E-state index is 12.8. The standard InChI is InChI=1S/C19H19N3O2S/c23-19(22-9-2-7-20-8-10-22)15-4-1-3-14(11-15)17-5-6-18(25-17)16-12-21-13-24-16/h1,3-6,11-13,20H,2,7-10H2. The zero-order valence-corrected chi connectivity index (χ0v) is 14.6. The minimum atomic E-state index is 0.109. The number of nitrogens with zero attached hydrogens (tertiary/aromatic N) is 2. The van der Waals surface area contributed by atoms with Crippen molar-refractivity contribution >= 4 is 17.2 Å². The molecule has 1 fully saturated rings. The second-order valence-corrected chi connectivity index (χ2v) is 7.09. The molecule has 1 saturated heterocycles. The summed E-state index contributed by atoms with van der Waals surface area (Å²) in [4.78, 5) is 20.8. The molecule has 0 bridgehead atoms. The molecule has 0 atom stereocenters. The van der Waals surface area contributed by atoms with Crippen LogP contribution in [0.2, 0.25) is 0 Å². The van der Waals surface area contributed by atoms with Crippen molar-refractivity contribution in [1.82, 2.24) is 15.2 Å². The maximum Gasteiger partial charge on any atom is 0.253 e. The van der Waals surface area contributed by atoms with Gasteiger partial charge in [-0.1, -0.05) is 12.1 Å². The number of benzene rings is 1. The molecule has 0 aliphatic carbocycles. The molecule has 3 heterocycles. The van der Waals surface area contributed by atoms with Crippen LogP contribution in [0.3, 0.4) is 0 Å². The van der Waals surface area contributed by atoms with Crippen LogP contribution in [-0.2, 0) is 0 Å². The summed E-state index contributed by atoms with van der Waals surface area (Å²) < 4.78 is 5.35. The zero-order valence-electron chi connectivity index (χ0n) is 13.8. The molecule has 25 heavy (non-hydrogen) atoms. The number of hydrogen-bond donors (Lipinski definition) is 1. The predicted molar refractivity (Wildman–Crippen MR) is 98.6 cm³/mol. The number of amides is 1. The first kappa shape index (κ1) is 16.1. The number of oxazole rings is 1. The van der Waals surface area contributed by atoms with E-state index in [1.807, 2.05) is 35.2 Å². The lowest BCUT2D eigenvalue weighted by Crippen LogP contribution is -2.34. The van der Waals surface area contributed by atoms with Crippen molar-refractivity contribution in [2.75, 3.05) is 26.2 Å². The number of hydrogen-bond acceptors (Lipinski definition) is 5. The molecule has 128 valence electrons. The molecule has 6 heteroatoms. The van der Waals surface area contributed by atoms with Crippen LogP contribution in [0.1, 0.15) is 16.8 Å². The molecule has 2 aromatic heterocycles. The van der Waals surface area contributed by atoms with Gasteiger partial charge in [-0.2, -0.15) is 0 Å². The highest BCUT2D eigenvalue weighted by Gasteiger charge is 2.18. The smallest absolute Gasteiger partial charge is 0.253 e. The third kappa shape index (κ3) is 3.50. The number of rotatable bonds is 3. The molecular weight excluding hydrogens is 334 g/mol. The Bertz CT molecular complexity index is 849. The Morgan fingerprint density at radius 2 is 2.08 bits per heavy atom. The van der Waals surface area contributed by atoms with E-state index in [1.54, 1.807) is 17.5 Å². The minimum absolute atomic E-state index is 0.109. The Morgan fingerprint density at radius 1 is 1.16 bits per heavy atom. The highest BCUT2D eigenvalue weighted by Crippen LogP contribution is 2.34. The summed E-state index contributed by atoms with van der Waals surface area (Å²) >= 11 is 1.63. The van der Waals surface area contributed by atoms with Crippen molar-refractivity contribution in [2.24, 2.45) is 0 Å². The zero-order chi connectivity index (χ0) is 17.1. The first-order chi connectivity index (χ1) is 12.3. The Balaban J connectivity index is 1.58. The first-order valence-electron chi connectivity index (χ1n) is 8.40. The third-order valence-electron chi connectivity index (χ3n) is 4.30. The van der Waals surface area contributed by atoms with E-state index in [4.69, 9.17) is 4.42 Å². The number of thiophene rings is 1. The highest BCUT2D eigenvalue weighted by atomic mass is 32.1. The van der Waals surface area contributed by atoms with Crippen LogP contribution in [-0.4, -0.2) is 42.0 Å². The van der Waals surface area contributed by atoms with Gasteiger partial charge in [0.25, 0.3) is 5.91 Å². The molecule has 4 rings (SSSR count).